The quantitative estimate of drug-likeness (QED) is 0.445. The molecular formula is C14H16N2O12S. The van der Waals surface area contributed by atoms with Gasteiger partial charge in [-0.3, -0.25) is 9.68 Å². The van der Waals surface area contributed by atoms with Crippen molar-refractivity contribution in [1.29, 1.82) is 0 Å². The van der Waals surface area contributed by atoms with Gasteiger partial charge >= 0.3 is 12.3 Å². The predicted octanol–water partition coefficient (Wildman–Crippen LogP) is 0.0494. The molecule has 0 aromatic carbocycles. The van der Waals surface area contributed by atoms with E-state index in [0.717, 1.165) is 38.1 Å². The highest BCUT2D eigenvalue weighted by molar-refractivity contribution is 7.92. The van der Waals surface area contributed by atoms with E-state index in [1.165, 1.54) is 0 Å². The molecule has 2 atom stereocenters. The van der Waals surface area contributed by atoms with Gasteiger partial charge in [0.05, 0.1) is 0 Å². The number of sulfone groups is 1. The first-order chi connectivity index (χ1) is 13.4. The molecule has 0 fully saturated rings. The Bertz CT molecular complexity index is 895. The monoisotopic (exact) mass is 436 g/mol. The lowest BCUT2D eigenvalue weighted by molar-refractivity contribution is 0.0230. The van der Waals surface area contributed by atoms with E-state index in [2.05, 4.69) is 19.1 Å². The van der Waals surface area contributed by atoms with Crippen molar-refractivity contribution >= 4 is 22.1 Å². The summed E-state index contributed by atoms with van der Waals surface area (Å²) in [5, 5.41) is 37.4. The van der Waals surface area contributed by atoms with Gasteiger partial charge in [0, 0.05) is 24.3 Å². The Morgan fingerprint density at radius 1 is 0.759 bits per heavy atom. The number of rotatable bonds is 6. The lowest BCUT2D eigenvalue weighted by Crippen LogP contribution is -2.37. The molecule has 29 heavy (non-hydrogen) atoms. The highest BCUT2D eigenvalue weighted by atomic mass is 32.2. The van der Waals surface area contributed by atoms with Crippen LogP contribution in [0.15, 0.2) is 24.3 Å². The van der Waals surface area contributed by atoms with Crippen molar-refractivity contribution < 1.29 is 57.6 Å². The zero-order valence-electron chi connectivity index (χ0n) is 14.8. The summed E-state index contributed by atoms with van der Waals surface area (Å²) in [4.78, 5) is 32.2. The Balaban J connectivity index is 1.97. The first-order valence-electron chi connectivity index (χ1n) is 7.63. The number of hydrogen-bond donors (Lipinski definition) is 4. The maximum atomic E-state index is 12.3. The molecule has 2 aromatic rings. The first-order valence-corrected chi connectivity index (χ1v) is 9.24. The fraction of sp³-hybridized carbons (Fsp3) is 0.286. The molecule has 2 aromatic heterocycles. The van der Waals surface area contributed by atoms with E-state index < -0.39 is 56.5 Å². The summed E-state index contributed by atoms with van der Waals surface area (Å²) in [6, 6.07) is 3.96. The van der Waals surface area contributed by atoms with Gasteiger partial charge < -0.3 is 29.9 Å². The van der Waals surface area contributed by atoms with Crippen LogP contribution in [0.4, 0.5) is 9.59 Å². The number of carbonyl (C=O) groups is 2. The normalized spacial score (nSPS) is 13.3. The Morgan fingerprint density at radius 3 is 1.31 bits per heavy atom. The molecule has 0 aliphatic heterocycles. The lowest BCUT2D eigenvalue weighted by atomic mass is 10.6. The van der Waals surface area contributed by atoms with Crippen molar-refractivity contribution in [3.63, 3.8) is 0 Å². The summed E-state index contributed by atoms with van der Waals surface area (Å²) in [6.07, 6.45) is -3.19. The van der Waals surface area contributed by atoms with Crippen molar-refractivity contribution in [1.82, 2.24) is 9.46 Å². The van der Waals surface area contributed by atoms with Crippen LogP contribution in [0.1, 0.15) is 13.8 Å². The summed E-state index contributed by atoms with van der Waals surface area (Å²) in [7, 11) is -4.44. The molecule has 15 heteroatoms. The van der Waals surface area contributed by atoms with Crippen molar-refractivity contribution in [2.24, 2.45) is 0 Å². The second-order valence-corrected chi connectivity index (χ2v) is 7.84. The maximum absolute atomic E-state index is 12.3. The Labute approximate surface area is 162 Å². The van der Waals surface area contributed by atoms with Crippen molar-refractivity contribution in [3.8, 4) is 23.5 Å². The average molecular weight is 436 g/mol. The highest BCUT2D eigenvalue weighted by Crippen LogP contribution is 2.21. The fourth-order valence-corrected chi connectivity index (χ4v) is 2.82. The fourth-order valence-electron chi connectivity index (χ4n) is 1.86. The van der Waals surface area contributed by atoms with Gasteiger partial charge in [-0.1, -0.05) is 0 Å². The zero-order valence-corrected chi connectivity index (χ0v) is 15.6. The van der Waals surface area contributed by atoms with Crippen molar-refractivity contribution in [2.45, 2.75) is 24.7 Å². The van der Waals surface area contributed by atoms with Crippen molar-refractivity contribution in [3.05, 3.63) is 24.3 Å². The van der Waals surface area contributed by atoms with E-state index in [1.807, 2.05) is 0 Å². The number of aromatic hydroxyl groups is 4. The molecule has 2 heterocycles. The first kappa shape index (κ1) is 21.5. The Hall–Kier alpha value is -3.75. The number of carbonyl (C=O) groups excluding carboxylic acids is 2. The number of hydrogen-bond acceptors (Lipinski definition) is 12. The van der Waals surface area contributed by atoms with Gasteiger partial charge in [-0.25, -0.2) is 18.0 Å². The largest absolute Gasteiger partial charge is 0.535 e. The van der Waals surface area contributed by atoms with Gasteiger partial charge in [-0.2, -0.15) is 0 Å². The molecule has 0 aliphatic rings. The van der Waals surface area contributed by atoms with Crippen LogP contribution in [0.5, 0.6) is 23.5 Å². The lowest BCUT2D eigenvalue weighted by Gasteiger charge is -2.19. The third-order valence-corrected chi connectivity index (χ3v) is 5.42. The van der Waals surface area contributed by atoms with Crippen LogP contribution in [0.3, 0.4) is 0 Å². The molecule has 4 N–H and O–H groups in total. The molecule has 0 spiro atoms. The van der Waals surface area contributed by atoms with Crippen LogP contribution in [0.25, 0.3) is 0 Å². The minimum absolute atomic E-state index is 0.273. The predicted molar refractivity (Wildman–Crippen MR) is 89.5 cm³/mol. The van der Waals surface area contributed by atoms with E-state index >= 15 is 0 Å². The molecule has 0 saturated heterocycles. The van der Waals surface area contributed by atoms with Gasteiger partial charge in [-0.05, 0) is 13.8 Å². The van der Waals surface area contributed by atoms with Crippen LogP contribution in [0, 0.1) is 0 Å². The third-order valence-electron chi connectivity index (χ3n) is 3.38. The molecule has 2 unspecified atom stereocenters. The van der Waals surface area contributed by atoms with Gasteiger partial charge in [0.25, 0.3) is 0 Å². The second kappa shape index (κ2) is 8.09. The van der Waals surface area contributed by atoms with Gasteiger partial charge in [-0.15, -0.1) is 9.46 Å². The van der Waals surface area contributed by atoms with E-state index in [9.17, 15) is 38.4 Å². The van der Waals surface area contributed by atoms with Crippen LogP contribution >= 0.6 is 0 Å². The summed E-state index contributed by atoms with van der Waals surface area (Å²) in [6.45, 7) is 1.86. The number of aromatic nitrogens is 2. The van der Waals surface area contributed by atoms with Crippen LogP contribution < -0.4 is 9.68 Å². The standard InChI is InChI=1S/C14H16N2O12S/c1-7(25-13(21)27-15-9(17)3-4-10(15)18)29(23,24)8(2)26-14(22)28-16-11(19)5-6-12(16)20/h3-8,17-20H,1-2H3. The molecule has 0 bridgehead atoms. The number of nitrogens with zero attached hydrogens (tertiary/aromatic N) is 2. The summed E-state index contributed by atoms with van der Waals surface area (Å²) < 4.78 is 34.2. The Morgan fingerprint density at radius 2 is 1.03 bits per heavy atom. The maximum Gasteiger partial charge on any atom is 0.535 e. The topological polar surface area (TPSA) is 196 Å². The van der Waals surface area contributed by atoms with E-state index in [1.54, 1.807) is 0 Å². The molecule has 160 valence electrons. The van der Waals surface area contributed by atoms with Gasteiger partial charge in [0.1, 0.15) is 0 Å². The highest BCUT2D eigenvalue weighted by Gasteiger charge is 2.35. The molecule has 14 nitrogen and oxygen atoms in total. The minimum Gasteiger partial charge on any atom is -0.492 e. The summed E-state index contributed by atoms with van der Waals surface area (Å²) >= 11 is 0. The van der Waals surface area contributed by atoms with Crippen molar-refractivity contribution in [2.75, 3.05) is 0 Å². The van der Waals surface area contributed by atoms with E-state index in [0.29, 0.717) is 0 Å². The average Bonchev–Trinajstić information content (AvgIpc) is 3.11. The van der Waals surface area contributed by atoms with E-state index in [-0.39, 0.29) is 9.46 Å². The van der Waals surface area contributed by atoms with Gasteiger partial charge in [0.15, 0.2) is 0 Å². The smallest absolute Gasteiger partial charge is 0.492 e. The summed E-state index contributed by atoms with van der Waals surface area (Å²) in [5.74, 6) is -2.64. The molecular weight excluding hydrogens is 420 g/mol. The molecule has 0 aliphatic carbocycles. The molecule has 0 amide bonds. The minimum atomic E-state index is -4.44. The van der Waals surface area contributed by atoms with Crippen LogP contribution in [-0.4, -0.2) is 61.5 Å². The molecule has 2 rings (SSSR count). The zero-order chi connectivity index (χ0) is 21.9. The van der Waals surface area contributed by atoms with E-state index in [4.69, 9.17) is 0 Å². The molecule has 0 radical (unpaired) electrons. The van der Waals surface area contributed by atoms with Crippen LogP contribution in [0.2, 0.25) is 0 Å². The molecule has 0 saturated carbocycles. The third kappa shape index (κ3) is 4.75. The Kier molecular flexibility index (Phi) is 6.01. The van der Waals surface area contributed by atoms with Crippen LogP contribution in [-0.2, 0) is 19.3 Å². The second-order valence-electron chi connectivity index (χ2n) is 5.33. The summed E-state index contributed by atoms with van der Waals surface area (Å²) in [5.41, 5.74) is -3.77. The SMILES string of the molecule is CC(OC(=O)On1c(O)ccc1O)S(=O)(=O)C(C)OC(=O)On1c(O)ccc1O. The van der Waals surface area contributed by atoms with Gasteiger partial charge in [0.2, 0.25) is 44.2 Å². The number of ether oxygens (including phenoxy) is 2.